The molecule has 1 aliphatic rings. The van der Waals surface area contributed by atoms with Gasteiger partial charge in [0.15, 0.2) is 0 Å². The maximum absolute atomic E-state index is 13.0. The van der Waals surface area contributed by atoms with E-state index in [1.807, 2.05) is 79.5 Å². The highest BCUT2D eigenvalue weighted by Gasteiger charge is 2.30. The van der Waals surface area contributed by atoms with Crippen LogP contribution in [0.25, 0.3) is 6.08 Å². The average Bonchev–Trinajstić information content (AvgIpc) is 2.76. The van der Waals surface area contributed by atoms with Gasteiger partial charge in [-0.25, -0.2) is 0 Å². The maximum Gasteiger partial charge on any atom is 0.246 e. The van der Waals surface area contributed by atoms with Gasteiger partial charge in [0, 0.05) is 37.2 Å². The molecule has 1 unspecified atom stereocenters. The molecule has 1 aliphatic heterocycles. The molecule has 2 amide bonds. The lowest BCUT2D eigenvalue weighted by Gasteiger charge is -2.34. The first-order chi connectivity index (χ1) is 14.0. The molecule has 0 aromatic heterocycles. The zero-order valence-corrected chi connectivity index (χ0v) is 17.7. The van der Waals surface area contributed by atoms with Gasteiger partial charge in [0.1, 0.15) is 0 Å². The summed E-state index contributed by atoms with van der Waals surface area (Å²) in [6, 6.07) is 17.3. The van der Waals surface area contributed by atoms with E-state index in [2.05, 4.69) is 0 Å². The Bertz CT molecular complexity index is 873. The minimum absolute atomic E-state index is 0.000372. The van der Waals surface area contributed by atoms with Crippen molar-refractivity contribution in [2.75, 3.05) is 20.1 Å². The van der Waals surface area contributed by atoms with Crippen molar-refractivity contribution in [3.8, 4) is 0 Å². The summed E-state index contributed by atoms with van der Waals surface area (Å²) in [5.74, 6) is 0.0774. The van der Waals surface area contributed by atoms with E-state index in [-0.39, 0.29) is 23.8 Å². The van der Waals surface area contributed by atoms with Crippen LogP contribution in [-0.4, -0.2) is 41.8 Å². The Labute approximate surface area is 177 Å². The van der Waals surface area contributed by atoms with Crippen LogP contribution >= 0.6 is 11.6 Å². The van der Waals surface area contributed by atoms with Gasteiger partial charge in [-0.2, -0.15) is 0 Å². The molecule has 1 fully saturated rings. The third-order valence-electron chi connectivity index (χ3n) is 5.63. The Kier molecular flexibility index (Phi) is 7.10. The average molecular weight is 411 g/mol. The molecule has 0 radical (unpaired) electrons. The Morgan fingerprint density at radius 3 is 2.45 bits per heavy atom. The zero-order chi connectivity index (χ0) is 20.8. The van der Waals surface area contributed by atoms with Crippen molar-refractivity contribution in [1.29, 1.82) is 0 Å². The number of likely N-dealkylation sites (tertiary alicyclic amines) is 1. The lowest BCUT2D eigenvalue weighted by Crippen LogP contribution is -2.43. The lowest BCUT2D eigenvalue weighted by atomic mass is 9.94. The molecule has 0 aliphatic carbocycles. The van der Waals surface area contributed by atoms with Crippen LogP contribution in [0.5, 0.6) is 0 Å². The molecule has 1 atom stereocenters. The van der Waals surface area contributed by atoms with Gasteiger partial charge in [-0.1, -0.05) is 54.1 Å². The first-order valence-corrected chi connectivity index (χ1v) is 10.4. The van der Waals surface area contributed by atoms with Crippen LogP contribution in [-0.2, 0) is 9.59 Å². The molecule has 0 saturated carbocycles. The van der Waals surface area contributed by atoms with E-state index in [0.717, 1.165) is 11.1 Å². The number of halogens is 1. The Morgan fingerprint density at radius 1 is 1.10 bits per heavy atom. The van der Waals surface area contributed by atoms with E-state index in [9.17, 15) is 9.59 Å². The number of benzene rings is 2. The van der Waals surface area contributed by atoms with E-state index in [1.54, 1.807) is 11.0 Å². The van der Waals surface area contributed by atoms with Crippen molar-refractivity contribution >= 4 is 29.5 Å². The molecule has 2 aromatic carbocycles. The summed E-state index contributed by atoms with van der Waals surface area (Å²) in [4.78, 5) is 29.0. The minimum Gasteiger partial charge on any atom is -0.339 e. The second-order valence-corrected chi connectivity index (χ2v) is 7.96. The highest BCUT2D eigenvalue weighted by molar-refractivity contribution is 6.30. The predicted molar refractivity (Wildman–Crippen MR) is 117 cm³/mol. The fourth-order valence-electron chi connectivity index (χ4n) is 3.65. The van der Waals surface area contributed by atoms with Crippen LogP contribution in [0.15, 0.2) is 60.7 Å². The van der Waals surface area contributed by atoms with Crippen molar-refractivity contribution in [3.63, 3.8) is 0 Å². The summed E-state index contributed by atoms with van der Waals surface area (Å²) < 4.78 is 0. The Balaban J connectivity index is 1.53. The van der Waals surface area contributed by atoms with Crippen LogP contribution in [0.1, 0.15) is 36.9 Å². The zero-order valence-electron chi connectivity index (χ0n) is 16.9. The summed E-state index contributed by atoms with van der Waals surface area (Å²) in [7, 11) is 1.84. The van der Waals surface area contributed by atoms with E-state index >= 15 is 0 Å². The lowest BCUT2D eigenvalue weighted by molar-refractivity contribution is -0.139. The van der Waals surface area contributed by atoms with Crippen molar-refractivity contribution in [3.05, 3.63) is 76.8 Å². The molecular weight excluding hydrogens is 384 g/mol. The van der Waals surface area contributed by atoms with Gasteiger partial charge in [-0.05, 0) is 49.1 Å². The van der Waals surface area contributed by atoms with Crippen molar-refractivity contribution in [2.45, 2.75) is 25.8 Å². The second kappa shape index (κ2) is 9.75. The SMILES string of the molecule is CC(c1cccc(Cl)c1)N(C)C(=O)C1CCN(C(=O)C=Cc2ccccc2)CC1. The first kappa shape index (κ1) is 21.1. The van der Waals surface area contributed by atoms with E-state index in [0.29, 0.717) is 31.0 Å². The molecule has 1 heterocycles. The summed E-state index contributed by atoms with van der Waals surface area (Å²) in [6.45, 7) is 3.22. The molecule has 3 rings (SSSR count). The number of piperidine rings is 1. The predicted octanol–water partition coefficient (Wildman–Crippen LogP) is 4.81. The quantitative estimate of drug-likeness (QED) is 0.663. The summed E-state index contributed by atoms with van der Waals surface area (Å²) in [5, 5.41) is 0.672. The van der Waals surface area contributed by atoms with Gasteiger partial charge < -0.3 is 9.80 Å². The van der Waals surface area contributed by atoms with Crippen LogP contribution in [0.3, 0.4) is 0 Å². The van der Waals surface area contributed by atoms with E-state index in [1.165, 1.54) is 0 Å². The molecule has 152 valence electrons. The number of rotatable bonds is 5. The summed E-state index contributed by atoms with van der Waals surface area (Å²) in [6.07, 6.45) is 4.83. The molecule has 2 aromatic rings. The normalized spacial score (nSPS) is 16.0. The van der Waals surface area contributed by atoms with E-state index in [4.69, 9.17) is 11.6 Å². The van der Waals surface area contributed by atoms with Gasteiger partial charge in [-0.3, -0.25) is 9.59 Å². The molecule has 1 saturated heterocycles. The van der Waals surface area contributed by atoms with Gasteiger partial charge in [0.25, 0.3) is 0 Å². The fourth-order valence-corrected chi connectivity index (χ4v) is 3.85. The third kappa shape index (κ3) is 5.48. The number of carbonyl (C=O) groups excluding carboxylic acids is 2. The van der Waals surface area contributed by atoms with Crippen LogP contribution in [0, 0.1) is 5.92 Å². The Hall–Kier alpha value is -2.59. The van der Waals surface area contributed by atoms with Crippen molar-refractivity contribution < 1.29 is 9.59 Å². The van der Waals surface area contributed by atoms with Gasteiger partial charge in [-0.15, -0.1) is 0 Å². The molecule has 0 N–H and O–H groups in total. The first-order valence-electron chi connectivity index (χ1n) is 10.00. The molecule has 29 heavy (non-hydrogen) atoms. The monoisotopic (exact) mass is 410 g/mol. The number of nitrogens with zero attached hydrogens (tertiary/aromatic N) is 2. The highest BCUT2D eigenvalue weighted by atomic mass is 35.5. The van der Waals surface area contributed by atoms with E-state index < -0.39 is 0 Å². The molecule has 0 spiro atoms. The number of hydrogen-bond acceptors (Lipinski definition) is 2. The number of amides is 2. The van der Waals surface area contributed by atoms with Crippen LogP contribution in [0.2, 0.25) is 5.02 Å². The smallest absolute Gasteiger partial charge is 0.246 e. The number of hydrogen-bond donors (Lipinski definition) is 0. The summed E-state index contributed by atoms with van der Waals surface area (Å²) in [5.41, 5.74) is 2.02. The van der Waals surface area contributed by atoms with Crippen molar-refractivity contribution in [1.82, 2.24) is 9.80 Å². The second-order valence-electron chi connectivity index (χ2n) is 7.52. The fraction of sp³-hybridized carbons (Fsp3) is 0.333. The molecular formula is C24H27ClN2O2. The van der Waals surface area contributed by atoms with Gasteiger partial charge in [0.2, 0.25) is 11.8 Å². The third-order valence-corrected chi connectivity index (χ3v) is 5.87. The topological polar surface area (TPSA) is 40.6 Å². The van der Waals surface area contributed by atoms with Gasteiger partial charge >= 0.3 is 0 Å². The summed E-state index contributed by atoms with van der Waals surface area (Å²) >= 11 is 6.09. The molecule has 4 nitrogen and oxygen atoms in total. The standard InChI is InChI=1S/C24H27ClN2O2/c1-18(21-9-6-10-22(25)17-21)26(2)24(29)20-13-15-27(16-14-20)23(28)12-11-19-7-4-3-5-8-19/h3-12,17-18,20H,13-16H2,1-2H3. The van der Waals surface area contributed by atoms with Crippen molar-refractivity contribution in [2.24, 2.45) is 5.92 Å². The largest absolute Gasteiger partial charge is 0.339 e. The number of carbonyl (C=O) groups is 2. The van der Waals surface area contributed by atoms with Gasteiger partial charge in [0.05, 0.1) is 6.04 Å². The maximum atomic E-state index is 13.0. The minimum atomic E-state index is -0.0520. The molecule has 0 bridgehead atoms. The molecule has 5 heteroatoms. The Morgan fingerprint density at radius 2 is 1.79 bits per heavy atom. The highest BCUT2D eigenvalue weighted by Crippen LogP contribution is 2.26. The van der Waals surface area contributed by atoms with Crippen LogP contribution < -0.4 is 0 Å². The van der Waals surface area contributed by atoms with Crippen LogP contribution in [0.4, 0.5) is 0 Å².